The van der Waals surface area contributed by atoms with Crippen LogP contribution in [0.15, 0.2) is 24.3 Å². The summed E-state index contributed by atoms with van der Waals surface area (Å²) < 4.78 is 0. The third-order valence-corrected chi connectivity index (χ3v) is 5.85. The number of nitrogens with zero attached hydrogens (tertiary/aromatic N) is 1. The molecule has 0 unspecified atom stereocenters. The van der Waals surface area contributed by atoms with Crippen LogP contribution in [0.3, 0.4) is 0 Å². The van der Waals surface area contributed by atoms with Crippen LogP contribution in [0.2, 0.25) is 0 Å². The SMILES string of the molecule is CC(=O)SCCC(=O)NCCCCNc1c2c(nc3ccccc13)CCCC2. The number of hydrogen-bond donors (Lipinski definition) is 2. The van der Waals surface area contributed by atoms with E-state index in [2.05, 4.69) is 28.8 Å². The number of amides is 1. The van der Waals surface area contributed by atoms with Gasteiger partial charge in [0.05, 0.1) is 5.52 Å². The maximum absolute atomic E-state index is 11.7. The highest BCUT2D eigenvalue weighted by Crippen LogP contribution is 2.33. The Morgan fingerprint density at radius 1 is 1.11 bits per heavy atom. The van der Waals surface area contributed by atoms with E-state index >= 15 is 0 Å². The number of rotatable bonds is 9. The first kappa shape index (κ1) is 20.6. The lowest BCUT2D eigenvalue weighted by Crippen LogP contribution is -2.25. The second-order valence-electron chi connectivity index (χ2n) is 7.21. The van der Waals surface area contributed by atoms with Crippen LogP contribution in [-0.2, 0) is 22.4 Å². The van der Waals surface area contributed by atoms with Crippen molar-refractivity contribution in [2.75, 3.05) is 24.2 Å². The van der Waals surface area contributed by atoms with Gasteiger partial charge in [0, 0.05) is 49.0 Å². The molecule has 0 bridgehead atoms. The quantitative estimate of drug-likeness (QED) is 0.622. The molecule has 1 aromatic carbocycles. The van der Waals surface area contributed by atoms with E-state index in [1.165, 1.54) is 53.9 Å². The number of aryl methyl sites for hydroxylation is 1. The lowest BCUT2D eigenvalue weighted by molar-refractivity contribution is -0.120. The average molecular weight is 400 g/mol. The van der Waals surface area contributed by atoms with Gasteiger partial charge < -0.3 is 10.6 Å². The van der Waals surface area contributed by atoms with E-state index in [1.54, 1.807) is 0 Å². The molecule has 0 radical (unpaired) electrons. The van der Waals surface area contributed by atoms with Crippen molar-refractivity contribution < 1.29 is 9.59 Å². The number of nitrogens with one attached hydrogen (secondary N) is 2. The van der Waals surface area contributed by atoms with E-state index in [4.69, 9.17) is 4.98 Å². The molecule has 6 heteroatoms. The summed E-state index contributed by atoms with van der Waals surface area (Å²) in [7, 11) is 0. The third-order valence-electron chi connectivity index (χ3n) is 5.03. The van der Waals surface area contributed by atoms with E-state index in [-0.39, 0.29) is 11.0 Å². The van der Waals surface area contributed by atoms with Crippen LogP contribution >= 0.6 is 11.8 Å². The van der Waals surface area contributed by atoms with Gasteiger partial charge in [-0.05, 0) is 50.2 Å². The van der Waals surface area contributed by atoms with Gasteiger partial charge in [-0.15, -0.1) is 0 Å². The fraction of sp³-hybridized carbons (Fsp3) is 0.500. The molecule has 1 amide bonds. The lowest BCUT2D eigenvalue weighted by atomic mass is 9.92. The zero-order valence-corrected chi connectivity index (χ0v) is 17.4. The minimum absolute atomic E-state index is 0.0240. The van der Waals surface area contributed by atoms with Gasteiger partial charge in [-0.25, -0.2) is 0 Å². The second kappa shape index (κ2) is 10.5. The molecule has 2 aromatic rings. The number of para-hydroxylation sites is 1. The molecule has 3 rings (SSSR count). The van der Waals surface area contributed by atoms with Crippen molar-refractivity contribution in [3.63, 3.8) is 0 Å². The van der Waals surface area contributed by atoms with Gasteiger partial charge >= 0.3 is 0 Å². The smallest absolute Gasteiger partial charge is 0.220 e. The highest BCUT2D eigenvalue weighted by Gasteiger charge is 2.17. The first-order valence-corrected chi connectivity index (χ1v) is 11.2. The second-order valence-corrected chi connectivity index (χ2v) is 8.48. The highest BCUT2D eigenvalue weighted by atomic mass is 32.2. The molecule has 0 saturated heterocycles. The predicted molar refractivity (Wildman–Crippen MR) is 117 cm³/mol. The van der Waals surface area contributed by atoms with E-state index in [0.717, 1.165) is 37.7 Å². The van der Waals surface area contributed by atoms with Crippen molar-refractivity contribution in [2.45, 2.75) is 51.9 Å². The Hall–Kier alpha value is -2.08. The van der Waals surface area contributed by atoms with Crippen molar-refractivity contribution in [3.8, 4) is 0 Å². The summed E-state index contributed by atoms with van der Waals surface area (Å²) in [5.41, 5.74) is 4.97. The van der Waals surface area contributed by atoms with E-state index in [0.29, 0.717) is 18.7 Å². The molecular weight excluding hydrogens is 370 g/mol. The molecule has 0 atom stereocenters. The van der Waals surface area contributed by atoms with Crippen LogP contribution < -0.4 is 10.6 Å². The van der Waals surface area contributed by atoms with E-state index in [9.17, 15) is 9.59 Å². The minimum Gasteiger partial charge on any atom is -0.384 e. The standard InChI is InChI=1S/C22H29N3O2S/c1-16(26)28-15-12-21(27)23-13-6-7-14-24-22-17-8-2-4-10-19(17)25-20-11-5-3-9-18(20)22/h2,4,8,10H,3,5-7,9,11-15H2,1H3,(H,23,27)(H,24,25). The maximum Gasteiger partial charge on any atom is 0.220 e. The summed E-state index contributed by atoms with van der Waals surface area (Å²) in [6.45, 7) is 3.09. The number of carbonyl (C=O) groups is 2. The Morgan fingerprint density at radius 2 is 1.89 bits per heavy atom. The Balaban J connectivity index is 1.47. The van der Waals surface area contributed by atoms with Gasteiger partial charge in [0.25, 0.3) is 0 Å². The van der Waals surface area contributed by atoms with Crippen LogP contribution in [0.1, 0.15) is 50.3 Å². The molecule has 2 N–H and O–H groups in total. The molecule has 0 saturated carbocycles. The molecule has 0 aliphatic heterocycles. The van der Waals surface area contributed by atoms with E-state index in [1.807, 2.05) is 6.07 Å². The monoisotopic (exact) mass is 399 g/mol. The summed E-state index contributed by atoms with van der Waals surface area (Å²) in [5, 5.41) is 7.86. The van der Waals surface area contributed by atoms with E-state index < -0.39 is 0 Å². The van der Waals surface area contributed by atoms with Crippen LogP contribution in [0.5, 0.6) is 0 Å². The Morgan fingerprint density at radius 3 is 2.75 bits per heavy atom. The molecule has 1 aromatic heterocycles. The van der Waals surface area contributed by atoms with Crippen molar-refractivity contribution in [1.29, 1.82) is 0 Å². The van der Waals surface area contributed by atoms with Crippen molar-refractivity contribution >= 4 is 39.4 Å². The lowest BCUT2D eigenvalue weighted by Gasteiger charge is -2.21. The molecule has 1 aliphatic rings. The molecule has 5 nitrogen and oxygen atoms in total. The minimum atomic E-state index is 0.0240. The zero-order chi connectivity index (χ0) is 19.8. The maximum atomic E-state index is 11.7. The number of fused-ring (bicyclic) bond motifs is 2. The molecule has 0 fully saturated rings. The molecule has 150 valence electrons. The van der Waals surface area contributed by atoms with Gasteiger partial charge in [0.15, 0.2) is 5.12 Å². The van der Waals surface area contributed by atoms with Crippen molar-refractivity contribution in [1.82, 2.24) is 10.3 Å². The van der Waals surface area contributed by atoms with Crippen LogP contribution in [0.4, 0.5) is 5.69 Å². The fourth-order valence-electron chi connectivity index (χ4n) is 3.64. The number of hydrogen-bond acceptors (Lipinski definition) is 5. The largest absolute Gasteiger partial charge is 0.384 e. The van der Waals surface area contributed by atoms with Crippen molar-refractivity contribution in [3.05, 3.63) is 35.5 Å². The van der Waals surface area contributed by atoms with Crippen LogP contribution in [-0.4, -0.2) is 34.8 Å². The Labute approximate surface area is 171 Å². The first-order valence-electron chi connectivity index (χ1n) is 10.2. The highest BCUT2D eigenvalue weighted by molar-refractivity contribution is 8.13. The summed E-state index contributed by atoms with van der Waals surface area (Å²) in [5.74, 6) is 0.582. The number of pyridine rings is 1. The number of thioether (sulfide) groups is 1. The molecule has 0 spiro atoms. The van der Waals surface area contributed by atoms with Gasteiger partial charge in [0.2, 0.25) is 5.91 Å². The number of anilines is 1. The molecule has 28 heavy (non-hydrogen) atoms. The number of benzene rings is 1. The topological polar surface area (TPSA) is 71.1 Å². The first-order chi connectivity index (χ1) is 13.6. The summed E-state index contributed by atoms with van der Waals surface area (Å²) in [6.07, 6.45) is 6.96. The predicted octanol–water partition coefficient (Wildman–Crippen LogP) is 4.09. The zero-order valence-electron chi connectivity index (χ0n) is 16.6. The van der Waals surface area contributed by atoms with Crippen molar-refractivity contribution in [2.24, 2.45) is 0 Å². The van der Waals surface area contributed by atoms with Crippen LogP contribution in [0.25, 0.3) is 10.9 Å². The third kappa shape index (κ3) is 5.71. The number of aromatic nitrogens is 1. The summed E-state index contributed by atoms with van der Waals surface area (Å²) >= 11 is 1.20. The number of unbranched alkanes of at least 4 members (excludes halogenated alkanes) is 1. The average Bonchev–Trinajstić information content (AvgIpc) is 2.69. The van der Waals surface area contributed by atoms with Gasteiger partial charge in [-0.2, -0.15) is 0 Å². The Bertz CT molecular complexity index is 838. The fourth-order valence-corrected chi connectivity index (χ4v) is 4.22. The van der Waals surface area contributed by atoms with Gasteiger partial charge in [0.1, 0.15) is 0 Å². The molecular formula is C22H29N3O2S. The molecule has 1 aliphatic carbocycles. The number of carbonyl (C=O) groups excluding carboxylic acids is 2. The van der Waals surface area contributed by atoms with Gasteiger partial charge in [-0.3, -0.25) is 14.6 Å². The summed E-state index contributed by atoms with van der Waals surface area (Å²) in [6, 6.07) is 8.37. The Kier molecular flexibility index (Phi) is 7.71. The van der Waals surface area contributed by atoms with Crippen LogP contribution in [0, 0.1) is 0 Å². The molecule has 1 heterocycles. The van der Waals surface area contributed by atoms with Gasteiger partial charge in [-0.1, -0.05) is 30.0 Å². The summed E-state index contributed by atoms with van der Waals surface area (Å²) in [4.78, 5) is 27.5. The normalized spacial score (nSPS) is 13.2.